The van der Waals surface area contributed by atoms with Crippen LogP contribution in [0.4, 0.5) is 5.69 Å². The smallest absolute Gasteiger partial charge is 0.431 e. The first-order valence-electron chi connectivity index (χ1n) is 11.1. The molecule has 3 aromatic carbocycles. The fraction of sp³-hybridized carbons (Fsp3) is 0.250. The summed E-state index contributed by atoms with van der Waals surface area (Å²) in [6, 6.07) is 19.4. The molecule has 3 rings (SSSR count). The van der Waals surface area contributed by atoms with E-state index in [4.69, 9.17) is 16.0 Å². The predicted octanol–water partition coefficient (Wildman–Crippen LogP) is 5.92. The molecular weight excluding hydrogens is 428 g/mol. The second-order valence-electron chi connectivity index (χ2n) is 8.13. The fourth-order valence-electron chi connectivity index (χ4n) is 3.37. The van der Waals surface area contributed by atoms with Crippen LogP contribution in [0.1, 0.15) is 40.4 Å². The zero-order valence-corrected chi connectivity index (χ0v) is 19.8. The highest BCUT2D eigenvalue weighted by molar-refractivity contribution is 6.01. The lowest BCUT2D eigenvalue weighted by Gasteiger charge is -2.19. The van der Waals surface area contributed by atoms with Crippen molar-refractivity contribution in [2.45, 2.75) is 46.4 Å². The summed E-state index contributed by atoms with van der Waals surface area (Å²) in [6.45, 7) is 15.1. The number of carbonyl (C=O) groups excluding carboxylic acids is 2. The number of rotatable bonds is 9. The van der Waals surface area contributed by atoms with Crippen LogP contribution < -0.4 is 14.8 Å². The van der Waals surface area contributed by atoms with Crippen molar-refractivity contribution in [3.63, 3.8) is 0 Å². The summed E-state index contributed by atoms with van der Waals surface area (Å²) in [7, 11) is 0. The van der Waals surface area contributed by atoms with Crippen molar-refractivity contribution in [2.24, 2.45) is 0 Å². The second kappa shape index (κ2) is 11.2. The number of benzene rings is 3. The molecule has 0 saturated carbocycles. The monoisotopic (exact) mass is 456 g/mol. The summed E-state index contributed by atoms with van der Waals surface area (Å²) < 4.78 is 11.5. The van der Waals surface area contributed by atoms with Gasteiger partial charge in [-0.25, -0.2) is 6.57 Å². The fourth-order valence-corrected chi connectivity index (χ4v) is 3.37. The van der Waals surface area contributed by atoms with Gasteiger partial charge in [0, 0.05) is 11.3 Å². The average Bonchev–Trinajstić information content (AvgIpc) is 2.83. The summed E-state index contributed by atoms with van der Waals surface area (Å²) in [5, 5.41) is 2.83. The number of anilines is 1. The zero-order valence-electron chi connectivity index (χ0n) is 19.8. The van der Waals surface area contributed by atoms with Crippen LogP contribution >= 0.6 is 0 Å². The first-order valence-corrected chi connectivity index (χ1v) is 11.1. The first-order chi connectivity index (χ1) is 16.3. The van der Waals surface area contributed by atoms with E-state index < -0.39 is 18.1 Å². The maximum Gasteiger partial charge on any atom is 0.431 e. The van der Waals surface area contributed by atoms with Crippen LogP contribution in [0.5, 0.6) is 11.5 Å². The van der Waals surface area contributed by atoms with E-state index in [-0.39, 0.29) is 5.91 Å². The number of aryl methyl sites for hydroxylation is 3. The third kappa shape index (κ3) is 6.23. The van der Waals surface area contributed by atoms with E-state index in [2.05, 4.69) is 10.2 Å². The molecule has 0 radical (unpaired) electrons. The predicted molar refractivity (Wildman–Crippen MR) is 132 cm³/mol. The van der Waals surface area contributed by atoms with Crippen molar-refractivity contribution in [3.05, 3.63) is 100 Å². The van der Waals surface area contributed by atoms with Crippen molar-refractivity contribution < 1.29 is 19.1 Å². The molecule has 1 amide bonds. The van der Waals surface area contributed by atoms with Gasteiger partial charge in [-0.1, -0.05) is 42.3 Å². The van der Waals surface area contributed by atoms with Gasteiger partial charge in [0.15, 0.2) is 6.10 Å². The van der Waals surface area contributed by atoms with Gasteiger partial charge in [-0.2, -0.15) is 0 Å². The van der Waals surface area contributed by atoms with Gasteiger partial charge in [-0.05, 0) is 75.2 Å². The number of amides is 1. The Morgan fingerprint density at radius 2 is 1.56 bits per heavy atom. The van der Waals surface area contributed by atoms with E-state index in [9.17, 15) is 9.59 Å². The van der Waals surface area contributed by atoms with E-state index in [1.54, 1.807) is 36.4 Å². The van der Waals surface area contributed by atoms with E-state index in [1.165, 1.54) is 0 Å². The third-order valence-electron chi connectivity index (χ3n) is 5.31. The number of Topliss-reactive ketones (excluding diaryl/α,β-unsaturated/α-hetero) is 1. The highest BCUT2D eigenvalue weighted by Crippen LogP contribution is 2.22. The Morgan fingerprint density at radius 3 is 2.15 bits per heavy atom. The molecule has 6 nitrogen and oxygen atoms in total. The molecule has 0 aliphatic heterocycles. The molecule has 0 aliphatic carbocycles. The van der Waals surface area contributed by atoms with Gasteiger partial charge in [0.2, 0.25) is 0 Å². The number of ketones is 1. The minimum atomic E-state index is -1.28. The molecule has 174 valence electrons. The van der Waals surface area contributed by atoms with Crippen LogP contribution in [0.25, 0.3) is 4.85 Å². The lowest BCUT2D eigenvalue weighted by Crippen LogP contribution is -2.32. The molecule has 0 fully saturated rings. The first kappa shape index (κ1) is 24.5. The average molecular weight is 457 g/mol. The number of nitrogens with zero attached hydrogens (tertiary/aromatic N) is 1. The Labute approximate surface area is 200 Å². The van der Waals surface area contributed by atoms with Gasteiger partial charge in [0.25, 0.3) is 11.7 Å². The summed E-state index contributed by atoms with van der Waals surface area (Å²) in [4.78, 5) is 28.8. The molecule has 34 heavy (non-hydrogen) atoms. The number of carbonyl (C=O) groups is 2. The van der Waals surface area contributed by atoms with E-state index in [0.29, 0.717) is 29.2 Å². The molecular formula is C28H28N2O4. The van der Waals surface area contributed by atoms with Crippen LogP contribution in [0.15, 0.2) is 66.7 Å². The maximum atomic E-state index is 12.8. The number of ether oxygens (including phenoxy) is 2. The maximum absolute atomic E-state index is 12.8. The van der Waals surface area contributed by atoms with Gasteiger partial charge >= 0.3 is 6.23 Å². The second-order valence-corrected chi connectivity index (χ2v) is 8.13. The Kier molecular flexibility index (Phi) is 8.05. The summed E-state index contributed by atoms with van der Waals surface area (Å²) >= 11 is 0. The summed E-state index contributed by atoms with van der Waals surface area (Å²) in [6.07, 6.45) is -1.44. The van der Waals surface area contributed by atoms with Crippen LogP contribution in [-0.4, -0.2) is 24.0 Å². The number of nitrogens with one attached hydrogen (secondary N) is 1. The molecule has 0 aromatic heterocycles. The lowest BCUT2D eigenvalue weighted by molar-refractivity contribution is -0.122. The molecule has 0 saturated heterocycles. The van der Waals surface area contributed by atoms with Crippen molar-refractivity contribution in [3.8, 4) is 11.5 Å². The molecule has 6 heteroatoms. The molecule has 3 aromatic rings. The standard InChI is InChI=1S/C28H28N2O4/c1-6-24(34-25-16-9-19(3)17-20(25)4)27(32)30-22-12-10-21(11-13-22)26(31)28(29-5)33-23-14-7-18(2)8-15-23/h7-17,24,28H,6H2,1-4H3,(H,30,32). The van der Waals surface area contributed by atoms with Crippen LogP contribution in [-0.2, 0) is 4.79 Å². The van der Waals surface area contributed by atoms with Crippen molar-refractivity contribution >= 4 is 17.4 Å². The zero-order chi connectivity index (χ0) is 24.7. The van der Waals surface area contributed by atoms with Crippen LogP contribution in [0.2, 0.25) is 0 Å². The Balaban J connectivity index is 1.64. The molecule has 2 atom stereocenters. The Bertz CT molecular complexity index is 1190. The highest BCUT2D eigenvalue weighted by atomic mass is 16.5. The van der Waals surface area contributed by atoms with E-state index in [1.807, 2.05) is 58.0 Å². The topological polar surface area (TPSA) is 69.0 Å². The van der Waals surface area contributed by atoms with Crippen LogP contribution in [0, 0.1) is 27.3 Å². The van der Waals surface area contributed by atoms with E-state index in [0.717, 1.165) is 16.7 Å². The SMILES string of the molecule is [C-]#[N+]C(Oc1ccc(C)cc1)C(=O)c1ccc(NC(=O)C(CC)Oc2ccc(C)cc2C)cc1. The van der Waals surface area contributed by atoms with Crippen LogP contribution in [0.3, 0.4) is 0 Å². The molecule has 0 spiro atoms. The minimum absolute atomic E-state index is 0.275. The van der Waals surface area contributed by atoms with Gasteiger partial charge in [0.05, 0.1) is 0 Å². The number of hydrogen-bond donors (Lipinski definition) is 1. The van der Waals surface area contributed by atoms with Gasteiger partial charge in [-0.15, -0.1) is 0 Å². The Morgan fingerprint density at radius 1 is 0.912 bits per heavy atom. The van der Waals surface area contributed by atoms with Crippen molar-refractivity contribution in [1.82, 2.24) is 0 Å². The molecule has 0 heterocycles. The molecule has 0 aliphatic rings. The summed E-state index contributed by atoms with van der Waals surface area (Å²) in [5.74, 6) is 0.409. The van der Waals surface area contributed by atoms with Crippen molar-refractivity contribution in [1.29, 1.82) is 0 Å². The minimum Gasteiger partial charge on any atom is -0.480 e. The molecule has 1 N–H and O–H groups in total. The quantitative estimate of drug-likeness (QED) is 0.321. The molecule has 2 unspecified atom stereocenters. The van der Waals surface area contributed by atoms with Gasteiger partial charge in [-0.3, -0.25) is 14.4 Å². The van der Waals surface area contributed by atoms with E-state index >= 15 is 0 Å². The van der Waals surface area contributed by atoms with Gasteiger partial charge < -0.3 is 14.8 Å². The largest absolute Gasteiger partial charge is 0.480 e. The number of hydrogen-bond acceptors (Lipinski definition) is 4. The van der Waals surface area contributed by atoms with Gasteiger partial charge in [0.1, 0.15) is 11.5 Å². The lowest BCUT2D eigenvalue weighted by atomic mass is 10.1. The third-order valence-corrected chi connectivity index (χ3v) is 5.31. The normalized spacial score (nSPS) is 12.2. The molecule has 0 bridgehead atoms. The summed E-state index contributed by atoms with van der Waals surface area (Å²) in [5.41, 5.74) is 4.01. The van der Waals surface area contributed by atoms with Crippen molar-refractivity contribution in [2.75, 3.05) is 5.32 Å². The Hall–Kier alpha value is -4.11. The highest BCUT2D eigenvalue weighted by Gasteiger charge is 2.27.